The summed E-state index contributed by atoms with van der Waals surface area (Å²) < 4.78 is 0. The van der Waals surface area contributed by atoms with Crippen LogP contribution in [-0.2, 0) is 25.6 Å². The summed E-state index contributed by atoms with van der Waals surface area (Å²) in [5.74, 6) is -2.48. The molecule has 1 aromatic carbocycles. The summed E-state index contributed by atoms with van der Waals surface area (Å²) in [6.45, 7) is 0.703. The molecular formula is C19H25N3O5. The lowest BCUT2D eigenvalue weighted by Gasteiger charge is -2.28. The van der Waals surface area contributed by atoms with Gasteiger partial charge in [-0.05, 0) is 42.7 Å². The fourth-order valence-electron chi connectivity index (χ4n) is 3.30. The van der Waals surface area contributed by atoms with Crippen LogP contribution in [0.3, 0.4) is 0 Å². The molecule has 0 aliphatic heterocycles. The minimum atomic E-state index is -1.10. The first kappa shape index (κ1) is 20.4. The third kappa shape index (κ3) is 6.40. The highest BCUT2D eigenvalue weighted by atomic mass is 16.4. The molecule has 2 unspecified atom stereocenters. The summed E-state index contributed by atoms with van der Waals surface area (Å²) in [5.41, 5.74) is 2.38. The molecule has 146 valence electrons. The van der Waals surface area contributed by atoms with Gasteiger partial charge in [0, 0.05) is 6.92 Å². The van der Waals surface area contributed by atoms with Gasteiger partial charge in [-0.1, -0.05) is 24.3 Å². The Bertz CT molecular complexity index is 719. The van der Waals surface area contributed by atoms with Crippen molar-refractivity contribution in [2.24, 2.45) is 0 Å². The van der Waals surface area contributed by atoms with Crippen LogP contribution in [0.15, 0.2) is 24.3 Å². The Balaban J connectivity index is 1.89. The lowest BCUT2D eigenvalue weighted by molar-refractivity contribution is -0.142. The van der Waals surface area contributed by atoms with Crippen molar-refractivity contribution >= 4 is 23.7 Å². The van der Waals surface area contributed by atoms with E-state index in [9.17, 15) is 24.3 Å². The Kier molecular flexibility index (Phi) is 7.34. The molecule has 0 spiro atoms. The van der Waals surface area contributed by atoms with E-state index in [0.29, 0.717) is 6.42 Å². The van der Waals surface area contributed by atoms with E-state index in [1.807, 2.05) is 18.2 Å². The van der Waals surface area contributed by atoms with Crippen LogP contribution in [0.4, 0.5) is 0 Å². The quantitative estimate of drug-likeness (QED) is 0.521. The highest BCUT2D eigenvalue weighted by Crippen LogP contribution is 2.34. The molecule has 27 heavy (non-hydrogen) atoms. The molecule has 0 saturated heterocycles. The Morgan fingerprint density at radius 2 is 1.81 bits per heavy atom. The van der Waals surface area contributed by atoms with Gasteiger partial charge in [-0.3, -0.25) is 14.4 Å². The molecule has 0 bridgehead atoms. The zero-order valence-corrected chi connectivity index (χ0v) is 15.3. The molecule has 0 heterocycles. The molecule has 0 saturated carbocycles. The van der Waals surface area contributed by atoms with Crippen molar-refractivity contribution in [2.45, 2.75) is 44.6 Å². The zero-order valence-electron chi connectivity index (χ0n) is 15.3. The summed E-state index contributed by atoms with van der Waals surface area (Å²) in [6, 6.07) is 6.96. The number of aliphatic carboxylic acids is 1. The number of benzene rings is 1. The molecular weight excluding hydrogens is 350 g/mol. The molecule has 0 aromatic heterocycles. The summed E-state index contributed by atoms with van der Waals surface area (Å²) in [4.78, 5) is 45.8. The largest absolute Gasteiger partial charge is 0.480 e. The van der Waals surface area contributed by atoms with Crippen molar-refractivity contribution in [3.05, 3.63) is 35.4 Å². The van der Waals surface area contributed by atoms with Crippen molar-refractivity contribution < 1.29 is 24.3 Å². The normalized spacial score (nSPS) is 16.6. The molecule has 2 rings (SSSR count). The van der Waals surface area contributed by atoms with Crippen LogP contribution in [0, 0.1) is 0 Å². The molecule has 4 N–H and O–H groups in total. The average Bonchev–Trinajstić information content (AvgIpc) is 2.64. The Morgan fingerprint density at radius 1 is 1.11 bits per heavy atom. The Hall–Kier alpha value is -2.90. The van der Waals surface area contributed by atoms with Crippen LogP contribution in [0.2, 0.25) is 0 Å². The predicted octanol–water partition coefficient (Wildman–Crippen LogP) is 0.318. The maximum atomic E-state index is 12.0. The molecule has 0 radical (unpaired) electrons. The van der Waals surface area contributed by atoms with Gasteiger partial charge in [-0.2, -0.15) is 0 Å². The average molecular weight is 375 g/mol. The number of rotatable bonds is 8. The topological polar surface area (TPSA) is 125 Å². The van der Waals surface area contributed by atoms with E-state index >= 15 is 0 Å². The van der Waals surface area contributed by atoms with E-state index in [-0.39, 0.29) is 24.9 Å². The molecule has 3 amide bonds. The summed E-state index contributed by atoms with van der Waals surface area (Å²) in [7, 11) is 0. The van der Waals surface area contributed by atoms with Gasteiger partial charge in [0.1, 0.15) is 6.04 Å². The monoisotopic (exact) mass is 375 g/mol. The number of hydrogen-bond acceptors (Lipinski definition) is 4. The van der Waals surface area contributed by atoms with Crippen LogP contribution < -0.4 is 16.0 Å². The van der Waals surface area contributed by atoms with E-state index in [0.717, 1.165) is 24.8 Å². The van der Waals surface area contributed by atoms with Crippen LogP contribution in [0.1, 0.15) is 43.2 Å². The highest BCUT2D eigenvalue weighted by molar-refractivity contribution is 5.89. The second-order valence-corrected chi connectivity index (χ2v) is 6.67. The minimum Gasteiger partial charge on any atom is -0.480 e. The van der Waals surface area contributed by atoms with Gasteiger partial charge in [0.15, 0.2) is 0 Å². The lowest BCUT2D eigenvalue weighted by atomic mass is 9.79. The summed E-state index contributed by atoms with van der Waals surface area (Å²) in [5, 5.41) is 16.6. The summed E-state index contributed by atoms with van der Waals surface area (Å²) >= 11 is 0. The number of carboxylic acids is 1. The van der Waals surface area contributed by atoms with Gasteiger partial charge in [0.2, 0.25) is 17.7 Å². The summed E-state index contributed by atoms with van der Waals surface area (Å²) in [6.07, 6.45) is 3.15. The molecule has 1 aromatic rings. The van der Waals surface area contributed by atoms with Crippen LogP contribution in [0.25, 0.3) is 0 Å². The first-order valence-electron chi connectivity index (χ1n) is 8.98. The molecule has 1 aliphatic carbocycles. The van der Waals surface area contributed by atoms with E-state index in [4.69, 9.17) is 0 Å². The number of nitrogens with one attached hydrogen (secondary N) is 3. The van der Waals surface area contributed by atoms with E-state index in [2.05, 4.69) is 22.0 Å². The maximum Gasteiger partial charge on any atom is 0.326 e. The number of fused-ring (bicyclic) bond motifs is 1. The number of carbonyl (C=O) groups excluding carboxylic acids is 3. The maximum absolute atomic E-state index is 12.0. The van der Waals surface area contributed by atoms with Gasteiger partial charge < -0.3 is 21.1 Å². The molecule has 8 heteroatoms. The van der Waals surface area contributed by atoms with Gasteiger partial charge in [0.05, 0.1) is 13.1 Å². The first-order chi connectivity index (χ1) is 12.9. The number of carboxylic acid groups (broad SMARTS) is 1. The van der Waals surface area contributed by atoms with Crippen molar-refractivity contribution in [3.63, 3.8) is 0 Å². The standard InChI is InChI=1S/C19H25N3O5/c1-12(23)20-10-17(24)21-11-18(25)22-16(19(26)27)9-14-7-4-6-13-5-2-3-8-15(13)14/h2-3,5,8,14,16H,4,6-7,9-11H2,1H3,(H,20,23)(H,21,24)(H,22,25)(H,26,27). The van der Waals surface area contributed by atoms with Gasteiger partial charge in [-0.15, -0.1) is 0 Å². The van der Waals surface area contributed by atoms with Crippen molar-refractivity contribution in [1.29, 1.82) is 0 Å². The number of hydrogen-bond donors (Lipinski definition) is 4. The first-order valence-corrected chi connectivity index (χ1v) is 8.98. The van der Waals surface area contributed by atoms with Crippen molar-refractivity contribution in [3.8, 4) is 0 Å². The number of carbonyl (C=O) groups is 4. The Morgan fingerprint density at radius 3 is 2.52 bits per heavy atom. The molecule has 1 aliphatic rings. The van der Waals surface area contributed by atoms with Gasteiger partial charge in [-0.25, -0.2) is 4.79 Å². The number of aryl methyl sites for hydroxylation is 1. The van der Waals surface area contributed by atoms with Crippen LogP contribution in [0.5, 0.6) is 0 Å². The number of amides is 3. The van der Waals surface area contributed by atoms with Crippen LogP contribution >= 0.6 is 0 Å². The lowest BCUT2D eigenvalue weighted by Crippen LogP contribution is -2.47. The van der Waals surface area contributed by atoms with Crippen molar-refractivity contribution in [1.82, 2.24) is 16.0 Å². The third-order valence-corrected chi connectivity index (χ3v) is 4.59. The smallest absolute Gasteiger partial charge is 0.326 e. The Labute approximate surface area is 157 Å². The van der Waals surface area contributed by atoms with E-state index < -0.39 is 23.8 Å². The second kappa shape index (κ2) is 9.70. The fraction of sp³-hybridized carbons (Fsp3) is 0.474. The molecule has 8 nitrogen and oxygen atoms in total. The van der Waals surface area contributed by atoms with Crippen molar-refractivity contribution in [2.75, 3.05) is 13.1 Å². The van der Waals surface area contributed by atoms with E-state index in [1.165, 1.54) is 12.5 Å². The third-order valence-electron chi connectivity index (χ3n) is 4.59. The van der Waals surface area contributed by atoms with Gasteiger partial charge in [0.25, 0.3) is 0 Å². The molecule has 0 fully saturated rings. The predicted molar refractivity (Wildman–Crippen MR) is 98.0 cm³/mol. The fourth-order valence-corrected chi connectivity index (χ4v) is 3.30. The second-order valence-electron chi connectivity index (χ2n) is 6.67. The molecule has 2 atom stereocenters. The SMILES string of the molecule is CC(=O)NCC(=O)NCC(=O)NC(CC1CCCc2ccccc21)C(=O)O. The van der Waals surface area contributed by atoms with Crippen LogP contribution in [-0.4, -0.2) is 47.9 Å². The highest BCUT2D eigenvalue weighted by Gasteiger charge is 2.28. The van der Waals surface area contributed by atoms with E-state index in [1.54, 1.807) is 0 Å². The van der Waals surface area contributed by atoms with Gasteiger partial charge >= 0.3 is 5.97 Å². The zero-order chi connectivity index (χ0) is 19.8. The minimum absolute atomic E-state index is 0.0747.